The van der Waals surface area contributed by atoms with E-state index >= 15 is 0 Å². The van der Waals surface area contributed by atoms with E-state index in [0.717, 1.165) is 36.9 Å². The minimum absolute atomic E-state index is 0.0839. The van der Waals surface area contributed by atoms with Crippen molar-refractivity contribution in [2.45, 2.75) is 63.9 Å². The summed E-state index contributed by atoms with van der Waals surface area (Å²) in [5.41, 5.74) is 3.92. The first kappa shape index (κ1) is 19.6. The van der Waals surface area contributed by atoms with Gasteiger partial charge in [-0.2, -0.15) is 0 Å². The van der Waals surface area contributed by atoms with Gasteiger partial charge in [0.25, 0.3) is 0 Å². The van der Waals surface area contributed by atoms with Crippen LogP contribution in [0.2, 0.25) is 0 Å². The van der Waals surface area contributed by atoms with E-state index in [4.69, 9.17) is 6.57 Å². The first-order valence-corrected chi connectivity index (χ1v) is 11.4. The number of phenols is 1. The summed E-state index contributed by atoms with van der Waals surface area (Å²) in [5.74, 6) is 2.48. The van der Waals surface area contributed by atoms with E-state index in [0.29, 0.717) is 30.1 Å². The van der Waals surface area contributed by atoms with Crippen LogP contribution in [0.25, 0.3) is 4.85 Å². The molecule has 2 aromatic rings. The number of phenolic OH excluding ortho intramolecular Hbond substituents is 1. The zero-order chi connectivity index (χ0) is 21.1. The Bertz CT molecular complexity index is 1010. The summed E-state index contributed by atoms with van der Waals surface area (Å²) < 4.78 is 0. The molecule has 3 aliphatic rings. The molecule has 3 aliphatic carbocycles. The Morgan fingerprint density at radius 2 is 1.90 bits per heavy atom. The molecule has 3 heteroatoms. The molecular formula is C27H31NO2. The quantitative estimate of drug-likeness (QED) is 0.605. The van der Waals surface area contributed by atoms with Crippen LogP contribution >= 0.6 is 0 Å². The Labute approximate surface area is 179 Å². The predicted octanol–water partition coefficient (Wildman–Crippen LogP) is 6.02. The molecule has 0 saturated heterocycles. The predicted molar refractivity (Wildman–Crippen MR) is 119 cm³/mol. The maximum Gasteiger partial charge on any atom is 0.187 e. The molecule has 6 atom stereocenters. The molecule has 2 fully saturated rings. The lowest BCUT2D eigenvalue weighted by Gasteiger charge is -2.56. The van der Waals surface area contributed by atoms with Gasteiger partial charge >= 0.3 is 0 Å². The highest BCUT2D eigenvalue weighted by Gasteiger charge is 2.62. The summed E-state index contributed by atoms with van der Waals surface area (Å²) in [6.07, 6.45) is 5.87. The summed E-state index contributed by atoms with van der Waals surface area (Å²) in [5, 5.41) is 21.6. The second kappa shape index (κ2) is 6.86. The Morgan fingerprint density at radius 1 is 1.13 bits per heavy atom. The second-order valence-electron chi connectivity index (χ2n) is 10.3. The van der Waals surface area contributed by atoms with Crippen LogP contribution in [-0.2, 0) is 12.8 Å². The van der Waals surface area contributed by atoms with Crippen molar-refractivity contribution >= 4 is 5.69 Å². The molecule has 0 aromatic heterocycles. The molecule has 0 amide bonds. The molecule has 2 saturated carbocycles. The third kappa shape index (κ3) is 2.81. The van der Waals surface area contributed by atoms with Gasteiger partial charge in [0, 0.05) is 11.8 Å². The Kier molecular flexibility index (Phi) is 4.49. The van der Waals surface area contributed by atoms with E-state index in [1.807, 2.05) is 18.2 Å². The summed E-state index contributed by atoms with van der Waals surface area (Å²) in [6, 6.07) is 13.7. The van der Waals surface area contributed by atoms with Crippen LogP contribution in [-0.4, -0.2) is 15.8 Å². The van der Waals surface area contributed by atoms with Gasteiger partial charge in [0.15, 0.2) is 5.69 Å². The lowest BCUT2D eigenvalue weighted by molar-refractivity contribution is -0.115. The smallest absolute Gasteiger partial charge is 0.187 e. The molecule has 3 nitrogen and oxygen atoms in total. The van der Waals surface area contributed by atoms with Gasteiger partial charge in [0.1, 0.15) is 5.75 Å². The Morgan fingerprint density at radius 3 is 2.63 bits per heavy atom. The van der Waals surface area contributed by atoms with E-state index in [9.17, 15) is 10.2 Å². The zero-order valence-corrected chi connectivity index (χ0v) is 17.9. The fourth-order valence-corrected chi connectivity index (χ4v) is 7.52. The van der Waals surface area contributed by atoms with Crippen molar-refractivity contribution < 1.29 is 10.2 Å². The summed E-state index contributed by atoms with van der Waals surface area (Å²) in [7, 11) is 0. The normalized spacial score (nSPS) is 37.0. The number of rotatable bonds is 2. The van der Waals surface area contributed by atoms with Crippen LogP contribution in [0.1, 0.15) is 62.1 Å². The van der Waals surface area contributed by atoms with Crippen LogP contribution in [0.4, 0.5) is 5.69 Å². The topological polar surface area (TPSA) is 44.8 Å². The number of nitrogens with zero attached hydrogens (tertiary/aromatic N) is 1. The molecule has 3 unspecified atom stereocenters. The molecule has 30 heavy (non-hydrogen) atoms. The minimum atomic E-state index is -0.692. The van der Waals surface area contributed by atoms with Crippen molar-refractivity contribution in [1.82, 2.24) is 0 Å². The first-order valence-electron chi connectivity index (χ1n) is 11.4. The van der Waals surface area contributed by atoms with Crippen molar-refractivity contribution in [2.75, 3.05) is 0 Å². The number of aromatic hydroxyl groups is 1. The van der Waals surface area contributed by atoms with Gasteiger partial charge in [-0.3, -0.25) is 0 Å². The van der Waals surface area contributed by atoms with Gasteiger partial charge in [-0.25, -0.2) is 4.85 Å². The first-order chi connectivity index (χ1) is 14.3. The Balaban J connectivity index is 1.47. The van der Waals surface area contributed by atoms with Crippen molar-refractivity contribution in [3.63, 3.8) is 0 Å². The number of hydrogen-bond donors (Lipinski definition) is 2. The zero-order valence-electron chi connectivity index (χ0n) is 17.9. The summed E-state index contributed by atoms with van der Waals surface area (Å²) >= 11 is 0. The minimum Gasteiger partial charge on any atom is -0.508 e. The van der Waals surface area contributed by atoms with Crippen molar-refractivity contribution in [1.29, 1.82) is 0 Å². The van der Waals surface area contributed by atoms with Gasteiger partial charge < -0.3 is 10.2 Å². The summed E-state index contributed by atoms with van der Waals surface area (Å²) in [6.45, 7) is 12.0. The molecule has 0 aliphatic heterocycles. The fourth-order valence-electron chi connectivity index (χ4n) is 7.52. The third-order valence-electron chi connectivity index (χ3n) is 8.88. The number of hydrogen-bond acceptors (Lipinski definition) is 2. The van der Waals surface area contributed by atoms with Crippen LogP contribution < -0.4 is 0 Å². The maximum atomic E-state index is 11.9. The second-order valence-corrected chi connectivity index (χ2v) is 10.3. The van der Waals surface area contributed by atoms with E-state index in [1.54, 1.807) is 12.1 Å². The van der Waals surface area contributed by atoms with Crippen molar-refractivity contribution in [3.8, 4) is 5.75 Å². The van der Waals surface area contributed by atoms with E-state index < -0.39 is 5.60 Å². The van der Waals surface area contributed by atoms with Crippen LogP contribution in [0, 0.1) is 29.7 Å². The summed E-state index contributed by atoms with van der Waals surface area (Å²) in [4.78, 5) is 3.63. The van der Waals surface area contributed by atoms with E-state index in [-0.39, 0.29) is 11.2 Å². The molecule has 0 spiro atoms. The van der Waals surface area contributed by atoms with Crippen molar-refractivity contribution in [3.05, 3.63) is 70.6 Å². The molecule has 0 heterocycles. The SMILES string of the molecule is [C-]#[N+]c1ccc2c(c1)CCC1C2[C@@H](C)C[C@@]2(C)C1CC[C@@]2(O)Cc1ccc(O)cc1. The van der Waals surface area contributed by atoms with Crippen LogP contribution in [0.5, 0.6) is 5.75 Å². The molecule has 2 aromatic carbocycles. The monoisotopic (exact) mass is 401 g/mol. The highest BCUT2D eigenvalue weighted by atomic mass is 16.3. The van der Waals surface area contributed by atoms with Crippen molar-refractivity contribution in [2.24, 2.45) is 23.2 Å². The van der Waals surface area contributed by atoms with Gasteiger partial charge in [0.2, 0.25) is 0 Å². The molecule has 2 N–H and O–H groups in total. The van der Waals surface area contributed by atoms with Crippen LogP contribution in [0.15, 0.2) is 42.5 Å². The average molecular weight is 402 g/mol. The van der Waals surface area contributed by atoms with E-state index in [2.05, 4.69) is 30.8 Å². The van der Waals surface area contributed by atoms with Gasteiger partial charge in [0.05, 0.1) is 12.2 Å². The number of aliphatic hydroxyl groups is 1. The third-order valence-corrected chi connectivity index (χ3v) is 8.88. The van der Waals surface area contributed by atoms with E-state index in [1.165, 1.54) is 17.5 Å². The molecule has 0 radical (unpaired) electrons. The molecular weight excluding hydrogens is 370 g/mol. The van der Waals surface area contributed by atoms with Gasteiger partial charge in [-0.15, -0.1) is 0 Å². The van der Waals surface area contributed by atoms with Gasteiger partial charge in [-0.05, 0) is 79.0 Å². The lowest BCUT2D eigenvalue weighted by Crippen LogP contribution is -2.54. The standard InChI is InChI=1S/C27H31NO2/c1-17-15-26(2)24(12-13-27(26,30)16-18-4-8-21(29)9-5-18)23-10-6-19-14-20(28-3)7-11-22(19)25(17)23/h4-5,7-9,11,14,17,23-25,29-30H,6,10,12-13,15-16H2,1-2H3/t17-,23?,24?,25?,26-,27+/m0/s1. The average Bonchev–Trinajstić information content (AvgIpc) is 2.99. The fraction of sp³-hybridized carbons (Fsp3) is 0.519. The molecule has 5 rings (SSSR count). The largest absolute Gasteiger partial charge is 0.508 e. The van der Waals surface area contributed by atoms with Gasteiger partial charge in [-0.1, -0.05) is 49.7 Å². The number of benzene rings is 2. The highest BCUT2D eigenvalue weighted by molar-refractivity contribution is 5.51. The molecule has 0 bridgehead atoms. The van der Waals surface area contributed by atoms with Crippen LogP contribution in [0.3, 0.4) is 0 Å². The maximum absolute atomic E-state index is 11.9. The Hall–Kier alpha value is -2.31. The number of fused-ring (bicyclic) bond motifs is 5. The number of aryl methyl sites for hydroxylation is 1. The molecule has 156 valence electrons. The highest BCUT2D eigenvalue weighted by Crippen LogP contribution is 2.66. The lowest BCUT2D eigenvalue weighted by atomic mass is 9.50.